The van der Waals surface area contributed by atoms with Crippen LogP contribution >= 0.6 is 0 Å². The maximum Gasteiger partial charge on any atom is 0.270 e. The Morgan fingerprint density at radius 2 is 1.97 bits per heavy atom. The van der Waals surface area contributed by atoms with Gasteiger partial charge < -0.3 is 19.9 Å². The predicted molar refractivity (Wildman–Crippen MR) is 115 cm³/mol. The second-order valence-electron chi connectivity index (χ2n) is 7.65. The monoisotopic (exact) mass is 446 g/mol. The van der Waals surface area contributed by atoms with Crippen molar-refractivity contribution >= 4 is 27.5 Å². The summed E-state index contributed by atoms with van der Waals surface area (Å²) < 4.78 is 33.9. The van der Waals surface area contributed by atoms with Crippen molar-refractivity contribution in [3.05, 3.63) is 42.2 Å². The second kappa shape index (κ2) is 8.62. The molecule has 10 heteroatoms. The van der Waals surface area contributed by atoms with Gasteiger partial charge in [0.15, 0.2) is 6.10 Å². The molecule has 1 aromatic carbocycles. The first-order chi connectivity index (χ1) is 14.9. The molecule has 1 aromatic heterocycles. The normalized spacial score (nSPS) is 18.4. The van der Waals surface area contributed by atoms with Gasteiger partial charge in [0.2, 0.25) is 0 Å². The van der Waals surface area contributed by atoms with Gasteiger partial charge in [0.1, 0.15) is 16.3 Å². The summed E-state index contributed by atoms with van der Waals surface area (Å²) in [5.41, 5.74) is 0.593. The highest BCUT2D eigenvalue weighted by Crippen LogP contribution is 2.37. The second-order valence-corrected chi connectivity index (χ2v) is 9.51. The summed E-state index contributed by atoms with van der Waals surface area (Å²) in [4.78, 5) is 29.6. The zero-order chi connectivity index (χ0) is 22.0. The Morgan fingerprint density at radius 1 is 1.23 bits per heavy atom. The number of ether oxygens (including phenoxy) is 1. The van der Waals surface area contributed by atoms with Gasteiger partial charge in [0.25, 0.3) is 21.8 Å². The third-order valence-corrected chi connectivity index (χ3v) is 7.20. The summed E-state index contributed by atoms with van der Waals surface area (Å²) in [6, 6.07) is 8.06. The summed E-state index contributed by atoms with van der Waals surface area (Å²) in [6.45, 7) is 3.60. The Kier molecular flexibility index (Phi) is 5.90. The largest absolute Gasteiger partial charge is 0.476 e. The lowest BCUT2D eigenvalue weighted by molar-refractivity contribution is -0.127. The predicted octanol–water partition coefficient (Wildman–Crippen LogP) is 1.73. The average molecular weight is 447 g/mol. The van der Waals surface area contributed by atoms with Crippen molar-refractivity contribution < 1.29 is 22.7 Å². The molecule has 0 aliphatic carbocycles. The number of fused-ring (bicyclic) bond motifs is 1. The molecular formula is C21H26N4O5S. The molecule has 9 nitrogen and oxygen atoms in total. The fraction of sp³-hybridized carbons (Fsp3) is 0.429. The van der Waals surface area contributed by atoms with Gasteiger partial charge in [-0.15, -0.1) is 0 Å². The minimum Gasteiger partial charge on any atom is -0.476 e. The van der Waals surface area contributed by atoms with E-state index in [1.807, 2.05) is 6.92 Å². The molecule has 0 bridgehead atoms. The molecule has 1 saturated heterocycles. The molecule has 31 heavy (non-hydrogen) atoms. The number of aromatic amines is 1. The molecule has 2 aliphatic rings. The number of carbonyl (C=O) groups is 2. The Hall–Kier alpha value is -3.01. The number of sulfonamides is 1. The van der Waals surface area contributed by atoms with E-state index in [2.05, 4.69) is 10.3 Å². The van der Waals surface area contributed by atoms with Crippen molar-refractivity contribution in [2.24, 2.45) is 0 Å². The number of nitrogens with zero attached hydrogens (tertiary/aromatic N) is 2. The van der Waals surface area contributed by atoms with Crippen LogP contribution in [0.25, 0.3) is 0 Å². The molecule has 1 atom stereocenters. The van der Waals surface area contributed by atoms with Gasteiger partial charge in [0, 0.05) is 25.8 Å². The number of hydrogen-bond acceptors (Lipinski definition) is 5. The molecule has 2 aliphatic heterocycles. The Labute approximate surface area is 181 Å². The van der Waals surface area contributed by atoms with Crippen LogP contribution in [0.1, 0.15) is 36.7 Å². The van der Waals surface area contributed by atoms with Crippen molar-refractivity contribution in [1.82, 2.24) is 15.2 Å². The Balaban J connectivity index is 1.63. The molecule has 2 N–H and O–H groups in total. The van der Waals surface area contributed by atoms with E-state index in [1.165, 1.54) is 16.6 Å². The lowest BCUT2D eigenvalue weighted by Gasteiger charge is -2.34. The summed E-state index contributed by atoms with van der Waals surface area (Å²) in [7, 11) is -4.03. The molecule has 3 heterocycles. The maximum absolute atomic E-state index is 13.5. The van der Waals surface area contributed by atoms with Gasteiger partial charge in [-0.3, -0.25) is 13.9 Å². The van der Waals surface area contributed by atoms with Crippen molar-refractivity contribution in [1.29, 1.82) is 0 Å². The number of rotatable bonds is 6. The lowest BCUT2D eigenvalue weighted by atomic mass is 10.2. The van der Waals surface area contributed by atoms with Gasteiger partial charge in [0.05, 0.1) is 12.2 Å². The quantitative estimate of drug-likeness (QED) is 0.702. The van der Waals surface area contributed by atoms with Crippen molar-refractivity contribution in [2.75, 3.05) is 30.5 Å². The summed E-state index contributed by atoms with van der Waals surface area (Å²) >= 11 is 0. The molecule has 0 unspecified atom stereocenters. The number of carbonyl (C=O) groups excluding carboxylic acids is 2. The van der Waals surface area contributed by atoms with Crippen LogP contribution in [0.4, 0.5) is 5.69 Å². The number of likely N-dealkylation sites (tertiary alicyclic amines) is 1. The number of hydrogen-bond donors (Lipinski definition) is 2. The summed E-state index contributed by atoms with van der Waals surface area (Å²) in [5, 5.41) is 2.75. The van der Waals surface area contributed by atoms with Gasteiger partial charge in [-0.05, 0) is 37.5 Å². The van der Waals surface area contributed by atoms with E-state index in [1.54, 1.807) is 29.2 Å². The zero-order valence-corrected chi connectivity index (χ0v) is 18.2. The molecular weight excluding hydrogens is 420 g/mol. The van der Waals surface area contributed by atoms with E-state index in [9.17, 15) is 18.0 Å². The van der Waals surface area contributed by atoms with Crippen LogP contribution in [0.15, 0.2) is 41.4 Å². The van der Waals surface area contributed by atoms with Crippen LogP contribution in [0.3, 0.4) is 0 Å². The van der Waals surface area contributed by atoms with Gasteiger partial charge >= 0.3 is 0 Å². The minimum atomic E-state index is -4.03. The highest BCUT2D eigenvalue weighted by molar-refractivity contribution is 7.92. The van der Waals surface area contributed by atoms with Crippen LogP contribution in [-0.2, 0) is 14.8 Å². The van der Waals surface area contributed by atoms with Crippen LogP contribution in [0, 0.1) is 0 Å². The molecule has 0 spiro atoms. The number of amides is 2. The Bertz CT molecular complexity index is 1070. The van der Waals surface area contributed by atoms with Crippen LogP contribution in [-0.4, -0.2) is 62.4 Å². The Morgan fingerprint density at radius 3 is 2.71 bits per heavy atom. The van der Waals surface area contributed by atoms with E-state index >= 15 is 0 Å². The van der Waals surface area contributed by atoms with Crippen molar-refractivity contribution in [3.63, 3.8) is 0 Å². The molecule has 1 fully saturated rings. The molecule has 0 radical (unpaired) electrons. The molecule has 166 valence electrons. The van der Waals surface area contributed by atoms with Crippen LogP contribution in [0.5, 0.6) is 5.75 Å². The van der Waals surface area contributed by atoms with Crippen molar-refractivity contribution in [2.45, 2.75) is 37.2 Å². The van der Waals surface area contributed by atoms with Gasteiger partial charge in [-0.25, -0.2) is 8.42 Å². The highest BCUT2D eigenvalue weighted by atomic mass is 32.2. The smallest absolute Gasteiger partial charge is 0.270 e. The number of aromatic nitrogens is 1. The van der Waals surface area contributed by atoms with Crippen LogP contribution < -0.4 is 14.4 Å². The first-order valence-corrected chi connectivity index (χ1v) is 11.9. The number of benzene rings is 1. The summed E-state index contributed by atoms with van der Waals surface area (Å²) in [5.74, 6) is -0.258. The van der Waals surface area contributed by atoms with Crippen LogP contribution in [0.2, 0.25) is 0 Å². The number of nitrogens with one attached hydrogen (secondary N) is 2. The maximum atomic E-state index is 13.5. The SMILES string of the molecule is CCCNC(=O)[C@@H]1CN(S(=O)(=O)c2c[nH]c(C(=O)N3CCCC3)c2)c2ccccc2O1. The zero-order valence-electron chi connectivity index (χ0n) is 17.3. The molecule has 2 aromatic rings. The van der Waals surface area contributed by atoms with E-state index in [0.717, 1.165) is 19.3 Å². The van der Waals surface area contributed by atoms with Gasteiger partial charge in [-0.2, -0.15) is 0 Å². The number of anilines is 1. The number of H-pyrrole nitrogens is 1. The fourth-order valence-corrected chi connectivity index (χ4v) is 5.26. The standard InChI is InChI=1S/C21H26N4O5S/c1-2-9-22-20(26)19-14-25(17-7-3-4-8-18(17)30-19)31(28,29)15-12-16(23-13-15)21(27)24-10-5-6-11-24/h3-4,7-8,12-13,19,23H,2,5-6,9-11,14H2,1H3,(H,22,26)/t19-/m0/s1. The minimum absolute atomic E-state index is 0.0283. The first kappa shape index (κ1) is 21.2. The fourth-order valence-electron chi connectivity index (χ4n) is 3.79. The van der Waals surface area contributed by atoms with E-state index in [-0.39, 0.29) is 28.9 Å². The third-order valence-electron chi connectivity index (χ3n) is 5.44. The summed E-state index contributed by atoms with van der Waals surface area (Å²) in [6.07, 6.45) is 3.01. The average Bonchev–Trinajstić information content (AvgIpc) is 3.49. The molecule has 2 amide bonds. The van der Waals surface area contributed by atoms with Gasteiger partial charge in [-0.1, -0.05) is 19.1 Å². The first-order valence-electron chi connectivity index (χ1n) is 10.5. The molecule has 0 saturated carbocycles. The van der Waals surface area contributed by atoms with E-state index < -0.39 is 16.1 Å². The molecule has 4 rings (SSSR count). The van der Waals surface area contributed by atoms with E-state index in [0.29, 0.717) is 31.1 Å². The van der Waals surface area contributed by atoms with E-state index in [4.69, 9.17) is 4.74 Å². The van der Waals surface area contributed by atoms with Crippen molar-refractivity contribution in [3.8, 4) is 5.75 Å². The third kappa shape index (κ3) is 4.12. The highest BCUT2D eigenvalue weighted by Gasteiger charge is 2.38. The lowest BCUT2D eigenvalue weighted by Crippen LogP contribution is -2.50. The number of para-hydroxylation sites is 2. The topological polar surface area (TPSA) is 112 Å².